The van der Waals surface area contributed by atoms with Crippen LogP contribution in [0.2, 0.25) is 0 Å². The molecule has 0 bridgehead atoms. The van der Waals surface area contributed by atoms with E-state index in [0.29, 0.717) is 0 Å². The first-order valence-electron chi connectivity index (χ1n) is 10.7. The second-order valence-corrected chi connectivity index (χ2v) is 8.19. The smallest absolute Gasteiger partial charge is 0.269 e. The molecule has 4 heteroatoms. The van der Waals surface area contributed by atoms with E-state index in [-0.39, 0.29) is 10.6 Å². The average molecular weight is 409 g/mol. The predicted molar refractivity (Wildman–Crippen MR) is 125 cm³/mol. The number of hydrogen-bond acceptors (Lipinski definition) is 3. The van der Waals surface area contributed by atoms with Crippen LogP contribution in [0.3, 0.4) is 0 Å². The largest absolute Gasteiger partial charge is 0.298 e. The van der Waals surface area contributed by atoms with Crippen LogP contribution in [-0.2, 0) is 6.54 Å². The summed E-state index contributed by atoms with van der Waals surface area (Å²) < 4.78 is 0. The lowest BCUT2D eigenvalue weighted by atomic mass is 9.86. The summed E-state index contributed by atoms with van der Waals surface area (Å²) in [6, 6.07) is 24.3. The molecule has 4 nitrogen and oxygen atoms in total. The molecule has 1 fully saturated rings. The Morgan fingerprint density at radius 1 is 0.774 bits per heavy atom. The Kier molecular flexibility index (Phi) is 5.23. The molecule has 31 heavy (non-hydrogen) atoms. The highest BCUT2D eigenvalue weighted by Gasteiger charge is 2.22. The van der Waals surface area contributed by atoms with Gasteiger partial charge in [0.25, 0.3) is 5.69 Å². The minimum absolute atomic E-state index is 0.147. The zero-order chi connectivity index (χ0) is 21.2. The summed E-state index contributed by atoms with van der Waals surface area (Å²) >= 11 is 0. The number of nitrogens with zero attached hydrogens (tertiary/aromatic N) is 2. The Bertz CT molecular complexity index is 1130. The third-order valence-electron chi connectivity index (χ3n) is 6.27. The van der Waals surface area contributed by atoms with Crippen LogP contribution < -0.4 is 0 Å². The molecular weight excluding hydrogens is 384 g/mol. The zero-order valence-electron chi connectivity index (χ0n) is 17.3. The second kappa shape index (κ2) is 8.32. The van der Waals surface area contributed by atoms with E-state index in [0.717, 1.165) is 38.0 Å². The topological polar surface area (TPSA) is 46.4 Å². The molecule has 0 radical (unpaired) electrons. The summed E-state index contributed by atoms with van der Waals surface area (Å²) in [6.07, 6.45) is 6.52. The molecule has 2 aliphatic rings. The van der Waals surface area contributed by atoms with Gasteiger partial charge in [0.1, 0.15) is 0 Å². The van der Waals surface area contributed by atoms with Crippen molar-refractivity contribution in [1.29, 1.82) is 0 Å². The summed E-state index contributed by atoms with van der Waals surface area (Å²) in [7, 11) is 0. The molecule has 0 saturated carbocycles. The van der Waals surface area contributed by atoms with Crippen LogP contribution in [0.25, 0.3) is 17.7 Å². The van der Waals surface area contributed by atoms with Gasteiger partial charge in [-0.2, -0.15) is 0 Å². The lowest BCUT2D eigenvalue weighted by Gasteiger charge is -2.30. The molecular formula is C27H24N2O2. The first kappa shape index (κ1) is 19.5. The summed E-state index contributed by atoms with van der Waals surface area (Å²) in [5.74, 6) is 0. The molecule has 1 aliphatic carbocycles. The van der Waals surface area contributed by atoms with E-state index in [4.69, 9.17) is 0 Å². The van der Waals surface area contributed by atoms with E-state index in [1.807, 2.05) is 12.1 Å². The highest BCUT2D eigenvalue weighted by Crippen LogP contribution is 2.38. The maximum absolute atomic E-state index is 10.9. The van der Waals surface area contributed by atoms with Crippen LogP contribution in [-0.4, -0.2) is 22.9 Å². The van der Waals surface area contributed by atoms with E-state index >= 15 is 0 Å². The summed E-state index contributed by atoms with van der Waals surface area (Å²) in [5, 5.41) is 10.9. The molecule has 154 valence electrons. The number of likely N-dealkylation sites (tertiary alicyclic amines) is 1. The van der Waals surface area contributed by atoms with Crippen molar-refractivity contribution in [1.82, 2.24) is 4.90 Å². The molecule has 0 aromatic heterocycles. The highest BCUT2D eigenvalue weighted by atomic mass is 16.6. The van der Waals surface area contributed by atoms with Crippen molar-refractivity contribution >= 4 is 23.4 Å². The fourth-order valence-electron chi connectivity index (χ4n) is 4.66. The summed E-state index contributed by atoms with van der Waals surface area (Å²) in [5.41, 5.74) is 9.37. The van der Waals surface area contributed by atoms with E-state index in [1.165, 1.54) is 33.4 Å². The van der Waals surface area contributed by atoms with Gasteiger partial charge in [-0.05, 0) is 46.2 Å². The average Bonchev–Trinajstić information content (AvgIpc) is 2.97. The maximum atomic E-state index is 10.9. The first-order chi connectivity index (χ1) is 15.2. The Morgan fingerprint density at radius 2 is 1.32 bits per heavy atom. The van der Waals surface area contributed by atoms with Crippen LogP contribution in [0, 0.1) is 10.1 Å². The van der Waals surface area contributed by atoms with Gasteiger partial charge >= 0.3 is 0 Å². The molecule has 5 rings (SSSR count). The molecule has 3 aromatic rings. The van der Waals surface area contributed by atoms with Crippen molar-refractivity contribution < 1.29 is 4.92 Å². The van der Waals surface area contributed by atoms with Crippen molar-refractivity contribution in [3.63, 3.8) is 0 Å². The molecule has 1 heterocycles. The minimum Gasteiger partial charge on any atom is -0.298 e. The van der Waals surface area contributed by atoms with Gasteiger partial charge in [0.05, 0.1) is 4.92 Å². The molecule has 0 atom stereocenters. The van der Waals surface area contributed by atoms with E-state index in [2.05, 4.69) is 65.6 Å². The lowest BCUT2D eigenvalue weighted by molar-refractivity contribution is -0.384. The number of fused-ring (bicyclic) bond motifs is 2. The van der Waals surface area contributed by atoms with Crippen LogP contribution in [0.4, 0.5) is 5.69 Å². The number of benzene rings is 3. The molecule has 0 unspecified atom stereocenters. The van der Waals surface area contributed by atoms with Gasteiger partial charge in [0, 0.05) is 31.8 Å². The van der Waals surface area contributed by atoms with Gasteiger partial charge in [-0.15, -0.1) is 0 Å². The van der Waals surface area contributed by atoms with Crippen LogP contribution in [0.15, 0.2) is 78.4 Å². The van der Waals surface area contributed by atoms with Crippen molar-refractivity contribution in [2.45, 2.75) is 19.4 Å². The Hall–Kier alpha value is -3.50. The minimum atomic E-state index is -0.347. The Labute approximate surface area is 182 Å². The highest BCUT2D eigenvalue weighted by molar-refractivity contribution is 5.94. The van der Waals surface area contributed by atoms with Crippen LogP contribution in [0.5, 0.6) is 0 Å². The lowest BCUT2D eigenvalue weighted by Crippen LogP contribution is -2.30. The van der Waals surface area contributed by atoms with E-state index < -0.39 is 0 Å². The number of hydrogen-bond donors (Lipinski definition) is 0. The molecule has 1 saturated heterocycles. The SMILES string of the molecule is O=[N+]([O-])c1ccc(CN2CCC(=C3c4ccccc4C=Cc4ccccc43)CC2)cc1. The van der Waals surface area contributed by atoms with Gasteiger partial charge in [-0.1, -0.05) is 78.4 Å². The number of nitro groups is 1. The zero-order valence-corrected chi connectivity index (χ0v) is 17.3. The monoisotopic (exact) mass is 408 g/mol. The van der Waals surface area contributed by atoms with Gasteiger partial charge < -0.3 is 0 Å². The Balaban J connectivity index is 1.41. The molecule has 0 amide bonds. The number of rotatable bonds is 3. The van der Waals surface area contributed by atoms with Gasteiger partial charge in [-0.25, -0.2) is 0 Å². The molecule has 3 aromatic carbocycles. The van der Waals surface area contributed by atoms with Crippen LogP contribution in [0.1, 0.15) is 40.7 Å². The normalized spacial score (nSPS) is 15.9. The maximum Gasteiger partial charge on any atom is 0.269 e. The van der Waals surface area contributed by atoms with Crippen LogP contribution >= 0.6 is 0 Å². The fraction of sp³-hybridized carbons (Fsp3) is 0.185. The Morgan fingerprint density at radius 3 is 1.87 bits per heavy atom. The third-order valence-corrected chi connectivity index (χ3v) is 6.27. The molecule has 1 aliphatic heterocycles. The van der Waals surface area contributed by atoms with Crippen molar-refractivity contribution in [3.8, 4) is 0 Å². The van der Waals surface area contributed by atoms with Crippen molar-refractivity contribution in [2.24, 2.45) is 0 Å². The quantitative estimate of drug-likeness (QED) is 0.300. The first-order valence-corrected chi connectivity index (χ1v) is 10.7. The summed E-state index contributed by atoms with van der Waals surface area (Å²) in [6.45, 7) is 2.82. The van der Waals surface area contributed by atoms with Gasteiger partial charge in [-0.3, -0.25) is 15.0 Å². The summed E-state index contributed by atoms with van der Waals surface area (Å²) in [4.78, 5) is 13.0. The number of non-ortho nitro benzene ring substituents is 1. The predicted octanol–water partition coefficient (Wildman–Crippen LogP) is 6.18. The fourth-order valence-corrected chi connectivity index (χ4v) is 4.66. The van der Waals surface area contributed by atoms with Crippen molar-refractivity contribution in [2.75, 3.05) is 13.1 Å². The molecule has 0 N–H and O–H groups in total. The number of nitro benzene ring substituents is 1. The number of piperidine rings is 1. The van der Waals surface area contributed by atoms with Gasteiger partial charge in [0.2, 0.25) is 0 Å². The molecule has 0 spiro atoms. The van der Waals surface area contributed by atoms with Gasteiger partial charge in [0.15, 0.2) is 0 Å². The standard InChI is InChI=1S/C27H24N2O2/c30-29(31)24-13-9-20(10-14-24)19-28-17-15-23(16-18-28)27-25-7-3-1-5-21(25)11-12-22-6-2-4-8-26(22)27/h1-14H,15-19H2. The second-order valence-electron chi connectivity index (χ2n) is 8.19. The van der Waals surface area contributed by atoms with E-state index in [9.17, 15) is 10.1 Å². The van der Waals surface area contributed by atoms with E-state index in [1.54, 1.807) is 12.1 Å². The third kappa shape index (κ3) is 3.94. The van der Waals surface area contributed by atoms with Crippen molar-refractivity contribution in [3.05, 3.63) is 116 Å².